The number of hydrogen-bond donors (Lipinski definition) is 0. The Morgan fingerprint density at radius 2 is 2.40 bits per heavy atom. The van der Waals surface area contributed by atoms with Gasteiger partial charge < -0.3 is 4.74 Å². The Labute approximate surface area is 62.8 Å². The molecule has 0 aromatic rings. The Balaban J connectivity index is 3.31. The largest absolute Gasteiger partial charge is 0.447 e. The van der Waals surface area contributed by atoms with Crippen LogP contribution in [0.25, 0.3) is 0 Å². The summed E-state index contributed by atoms with van der Waals surface area (Å²) in [6.07, 6.45) is 0.983. The third-order valence-electron chi connectivity index (χ3n) is 0.835. The Morgan fingerprint density at radius 3 is 2.90 bits per heavy atom. The highest BCUT2D eigenvalue weighted by atomic mass is 32.1. The Kier molecular flexibility index (Phi) is 5.96. The number of hydrogen-bond acceptors (Lipinski definition) is 3. The van der Waals surface area contributed by atoms with E-state index in [0.29, 0.717) is 6.61 Å². The molecule has 0 aliphatic heterocycles. The zero-order chi connectivity index (χ0) is 7.82. The third kappa shape index (κ3) is 5.43. The van der Waals surface area contributed by atoms with Crippen molar-refractivity contribution < 1.29 is 13.7 Å². The van der Waals surface area contributed by atoms with Gasteiger partial charge in [0.25, 0.3) is 0 Å². The van der Waals surface area contributed by atoms with E-state index in [9.17, 15) is 9.00 Å². The number of unbranched alkanes of at least 4 members (excludes halogenated alkanes) is 1. The van der Waals surface area contributed by atoms with Gasteiger partial charge in [0, 0.05) is 0 Å². The van der Waals surface area contributed by atoms with Crippen molar-refractivity contribution in [2.45, 2.75) is 19.8 Å². The lowest BCUT2D eigenvalue weighted by atomic mass is 10.4. The number of nitrogens with zero attached hydrogens (tertiary/aromatic N) is 1. The van der Waals surface area contributed by atoms with E-state index in [1.54, 1.807) is 0 Å². The van der Waals surface area contributed by atoms with Crippen LogP contribution in [-0.2, 0) is 16.2 Å². The molecule has 58 valence electrons. The molecule has 0 aromatic heterocycles. The van der Waals surface area contributed by atoms with Crippen molar-refractivity contribution in [1.29, 1.82) is 0 Å². The number of carbonyl (C=O) groups is 1. The minimum atomic E-state index is -0.784. The van der Waals surface area contributed by atoms with Crippen LogP contribution in [0.1, 0.15) is 19.8 Å². The van der Waals surface area contributed by atoms with Gasteiger partial charge in [-0.3, -0.25) is 0 Å². The lowest BCUT2D eigenvalue weighted by Crippen LogP contribution is -1.98. The number of carbonyl (C=O) groups excluding carboxylic acids is 1. The molecule has 0 aromatic carbocycles. The summed E-state index contributed by atoms with van der Waals surface area (Å²) in [5, 5.41) is 0. The molecule has 0 unspecified atom stereocenters. The van der Waals surface area contributed by atoms with Gasteiger partial charge >= 0.3 is 6.09 Å². The van der Waals surface area contributed by atoms with Crippen LogP contribution in [0.2, 0.25) is 0 Å². The lowest BCUT2D eigenvalue weighted by Gasteiger charge is -1.95. The molecule has 0 aliphatic rings. The number of rotatable bonds is 3. The standard InChI is InChI=1S/C5H9NO3S/c1-2-3-4-9-5(7)6-10-8/h2-4H2,1H3. The SMILES string of the molecule is CCCCOC(=O)N=S=O. The summed E-state index contributed by atoms with van der Waals surface area (Å²) in [6.45, 7) is 2.33. The second kappa shape index (κ2) is 6.41. The molecule has 0 spiro atoms. The van der Waals surface area contributed by atoms with Gasteiger partial charge in [0.15, 0.2) is 0 Å². The maximum absolute atomic E-state index is 10.3. The van der Waals surface area contributed by atoms with Crippen molar-refractivity contribution >= 4 is 17.6 Å². The summed E-state index contributed by atoms with van der Waals surface area (Å²) in [7, 11) is 0. The average Bonchev–Trinajstić information content (AvgIpc) is 1.89. The fourth-order valence-electron chi connectivity index (χ4n) is 0.361. The Bertz CT molecular complexity index is 153. The van der Waals surface area contributed by atoms with Crippen LogP contribution in [0, 0.1) is 0 Å². The molecule has 0 heterocycles. The van der Waals surface area contributed by atoms with Gasteiger partial charge in [0.05, 0.1) is 6.61 Å². The fraction of sp³-hybridized carbons (Fsp3) is 0.800. The highest BCUT2D eigenvalue weighted by Gasteiger charge is 1.95. The first-order chi connectivity index (χ1) is 4.81. The highest BCUT2D eigenvalue weighted by molar-refractivity contribution is 7.55. The Morgan fingerprint density at radius 1 is 1.70 bits per heavy atom. The van der Waals surface area contributed by atoms with Crippen LogP contribution in [-0.4, -0.2) is 16.9 Å². The normalized spacial score (nSPS) is 8.50. The van der Waals surface area contributed by atoms with Gasteiger partial charge in [-0.1, -0.05) is 17.7 Å². The minimum absolute atomic E-state index is 0.132. The molecule has 0 N–H and O–H groups in total. The number of amides is 1. The summed E-state index contributed by atoms with van der Waals surface area (Å²) < 4.78 is 17.0. The predicted molar refractivity (Wildman–Crippen MR) is 36.8 cm³/mol. The first kappa shape index (κ1) is 9.29. The Hall–Kier alpha value is -0.710. The van der Waals surface area contributed by atoms with Gasteiger partial charge in [-0.05, 0) is 6.42 Å². The second-order valence-corrected chi connectivity index (χ2v) is 1.97. The molecule has 0 saturated carbocycles. The minimum Gasteiger partial charge on any atom is -0.447 e. The summed E-state index contributed by atoms with van der Waals surface area (Å²) in [4.78, 5) is 10.3. The molecule has 4 nitrogen and oxygen atoms in total. The smallest absolute Gasteiger partial charge is 0.446 e. The van der Waals surface area contributed by atoms with E-state index in [-0.39, 0.29) is 11.5 Å². The second-order valence-electron chi connectivity index (χ2n) is 1.63. The molecule has 1 amide bonds. The maximum atomic E-state index is 10.3. The van der Waals surface area contributed by atoms with E-state index in [2.05, 4.69) is 9.10 Å². The average molecular weight is 163 g/mol. The van der Waals surface area contributed by atoms with Gasteiger partial charge in [-0.15, -0.1) is 0 Å². The van der Waals surface area contributed by atoms with Crippen LogP contribution in [0.15, 0.2) is 4.36 Å². The fourth-order valence-corrected chi connectivity index (χ4v) is 0.474. The molecule has 10 heavy (non-hydrogen) atoms. The van der Waals surface area contributed by atoms with Crippen molar-refractivity contribution in [2.24, 2.45) is 4.36 Å². The zero-order valence-electron chi connectivity index (χ0n) is 5.70. The molecule has 0 bridgehead atoms. The van der Waals surface area contributed by atoms with Gasteiger partial charge in [-0.25, -0.2) is 4.79 Å². The summed E-state index contributed by atoms with van der Waals surface area (Å²) >= 11 is -0.132. The van der Waals surface area contributed by atoms with Crippen LogP contribution >= 0.6 is 0 Å². The van der Waals surface area contributed by atoms with Crippen molar-refractivity contribution in [1.82, 2.24) is 0 Å². The molecule has 0 atom stereocenters. The van der Waals surface area contributed by atoms with Crippen LogP contribution in [0.5, 0.6) is 0 Å². The molecular weight excluding hydrogens is 154 g/mol. The first-order valence-electron chi connectivity index (χ1n) is 2.98. The molecular formula is C5H9NO3S. The molecule has 0 saturated heterocycles. The lowest BCUT2D eigenvalue weighted by molar-refractivity contribution is 0.156. The molecule has 5 heteroatoms. The summed E-state index contributed by atoms with van der Waals surface area (Å²) in [6, 6.07) is 0. The van der Waals surface area contributed by atoms with Crippen molar-refractivity contribution in [3.05, 3.63) is 0 Å². The summed E-state index contributed by atoms with van der Waals surface area (Å²) in [5.41, 5.74) is 0. The molecule has 0 fully saturated rings. The van der Waals surface area contributed by atoms with Crippen LogP contribution < -0.4 is 0 Å². The zero-order valence-corrected chi connectivity index (χ0v) is 6.52. The van der Waals surface area contributed by atoms with E-state index < -0.39 is 6.09 Å². The van der Waals surface area contributed by atoms with Crippen molar-refractivity contribution in [2.75, 3.05) is 6.61 Å². The molecule has 0 rings (SSSR count). The van der Waals surface area contributed by atoms with Crippen LogP contribution in [0.4, 0.5) is 4.79 Å². The predicted octanol–water partition coefficient (Wildman–Crippen LogP) is 1.32. The van der Waals surface area contributed by atoms with Crippen molar-refractivity contribution in [3.8, 4) is 0 Å². The number of ether oxygens (including phenoxy) is 1. The molecule has 0 radical (unpaired) electrons. The van der Waals surface area contributed by atoms with E-state index in [0.717, 1.165) is 12.8 Å². The third-order valence-corrected chi connectivity index (χ3v) is 1.06. The van der Waals surface area contributed by atoms with Gasteiger partial charge in [0.2, 0.25) is 11.5 Å². The van der Waals surface area contributed by atoms with Crippen LogP contribution in [0.3, 0.4) is 0 Å². The summed E-state index contributed by atoms with van der Waals surface area (Å²) in [5.74, 6) is 0. The highest BCUT2D eigenvalue weighted by Crippen LogP contribution is 1.89. The monoisotopic (exact) mass is 163 g/mol. The van der Waals surface area contributed by atoms with E-state index in [4.69, 9.17) is 0 Å². The van der Waals surface area contributed by atoms with E-state index >= 15 is 0 Å². The topological polar surface area (TPSA) is 55.7 Å². The maximum Gasteiger partial charge on any atom is 0.446 e. The van der Waals surface area contributed by atoms with Crippen molar-refractivity contribution in [3.63, 3.8) is 0 Å². The van der Waals surface area contributed by atoms with Gasteiger partial charge in [0.1, 0.15) is 0 Å². The van der Waals surface area contributed by atoms with Gasteiger partial charge in [-0.2, -0.15) is 4.21 Å². The molecule has 0 aliphatic carbocycles. The van der Waals surface area contributed by atoms with E-state index in [1.165, 1.54) is 0 Å². The van der Waals surface area contributed by atoms with E-state index in [1.807, 2.05) is 6.92 Å². The first-order valence-corrected chi connectivity index (χ1v) is 3.68. The quantitative estimate of drug-likeness (QED) is 0.589.